The van der Waals surface area contributed by atoms with Crippen molar-refractivity contribution in [2.45, 2.75) is 25.3 Å². The highest BCUT2D eigenvalue weighted by Crippen LogP contribution is 2.29. The smallest absolute Gasteiger partial charge is 0.384 e. The molecule has 3 rings (SSSR count). The van der Waals surface area contributed by atoms with Crippen LogP contribution in [-0.2, 0) is 22.3 Å². The second-order valence-corrected chi connectivity index (χ2v) is 6.31. The van der Waals surface area contributed by atoms with E-state index in [9.17, 15) is 22.4 Å². The summed E-state index contributed by atoms with van der Waals surface area (Å²) in [6.45, 7) is 4.77. The SMILES string of the molecule is C=CC(=O)N1CCC(OCc2ccc(C(F)(F)F)cc2)C1.Nc1ccc(F)cn1. The van der Waals surface area contributed by atoms with Crippen LogP contribution in [0.5, 0.6) is 0 Å². The molecule has 9 heteroatoms. The first-order chi connectivity index (χ1) is 13.7. The average molecular weight is 411 g/mol. The molecule has 1 unspecified atom stereocenters. The number of alkyl halides is 3. The molecule has 1 amide bonds. The van der Waals surface area contributed by atoms with E-state index in [-0.39, 0.29) is 24.4 Å². The lowest BCUT2D eigenvalue weighted by Gasteiger charge is -2.15. The van der Waals surface area contributed by atoms with Gasteiger partial charge >= 0.3 is 6.18 Å². The van der Waals surface area contributed by atoms with Crippen LogP contribution in [0.2, 0.25) is 0 Å². The number of rotatable bonds is 4. The summed E-state index contributed by atoms with van der Waals surface area (Å²) in [6, 6.07) is 7.58. The van der Waals surface area contributed by atoms with Gasteiger partial charge in [0.1, 0.15) is 11.6 Å². The van der Waals surface area contributed by atoms with Crippen LogP contribution in [0.3, 0.4) is 0 Å². The summed E-state index contributed by atoms with van der Waals surface area (Å²) in [7, 11) is 0. The van der Waals surface area contributed by atoms with E-state index >= 15 is 0 Å². The molecule has 0 saturated carbocycles. The fourth-order valence-electron chi connectivity index (χ4n) is 2.58. The maximum Gasteiger partial charge on any atom is 0.416 e. The van der Waals surface area contributed by atoms with Crippen molar-refractivity contribution in [3.63, 3.8) is 0 Å². The number of pyridine rings is 1. The summed E-state index contributed by atoms with van der Waals surface area (Å²) in [5.41, 5.74) is 5.15. The minimum Gasteiger partial charge on any atom is -0.384 e. The largest absolute Gasteiger partial charge is 0.416 e. The maximum atomic E-state index is 12.4. The molecule has 5 nitrogen and oxygen atoms in total. The molecule has 29 heavy (non-hydrogen) atoms. The Bertz CT molecular complexity index is 787. The van der Waals surface area contributed by atoms with Crippen molar-refractivity contribution in [3.05, 3.63) is 72.2 Å². The molecule has 2 N–H and O–H groups in total. The zero-order chi connectivity index (χ0) is 21.4. The van der Waals surface area contributed by atoms with E-state index in [0.29, 0.717) is 24.5 Å². The fraction of sp³-hybridized carbons (Fsp3) is 0.300. The first-order valence-corrected chi connectivity index (χ1v) is 8.75. The van der Waals surface area contributed by atoms with Gasteiger partial charge in [-0.2, -0.15) is 13.2 Å². The summed E-state index contributed by atoms with van der Waals surface area (Å²) in [6.07, 6.45) is -1.35. The molecular formula is C20H21F4N3O2. The van der Waals surface area contributed by atoms with E-state index < -0.39 is 11.7 Å². The molecule has 0 spiro atoms. The van der Waals surface area contributed by atoms with Crippen LogP contribution >= 0.6 is 0 Å². The number of carbonyl (C=O) groups excluding carboxylic acids is 1. The van der Waals surface area contributed by atoms with E-state index in [1.807, 2.05) is 0 Å². The summed E-state index contributed by atoms with van der Waals surface area (Å²) in [5.74, 6) is -0.152. The van der Waals surface area contributed by atoms with Gasteiger partial charge in [0, 0.05) is 13.1 Å². The Morgan fingerprint density at radius 3 is 2.48 bits per heavy atom. The molecule has 1 fully saturated rings. The van der Waals surface area contributed by atoms with E-state index in [2.05, 4.69) is 11.6 Å². The van der Waals surface area contributed by atoms with Gasteiger partial charge in [-0.1, -0.05) is 18.7 Å². The fourth-order valence-corrected chi connectivity index (χ4v) is 2.58. The molecule has 1 aromatic heterocycles. The van der Waals surface area contributed by atoms with Crippen LogP contribution < -0.4 is 5.73 Å². The van der Waals surface area contributed by atoms with Gasteiger partial charge in [0.05, 0.1) is 24.5 Å². The van der Waals surface area contributed by atoms with E-state index in [1.165, 1.54) is 30.3 Å². The van der Waals surface area contributed by atoms with Gasteiger partial charge in [-0.05, 0) is 42.3 Å². The summed E-state index contributed by atoms with van der Waals surface area (Å²) >= 11 is 0. The lowest BCUT2D eigenvalue weighted by Crippen LogP contribution is -2.28. The predicted octanol–water partition coefficient (Wildman–Crippen LogP) is 3.81. The minimum atomic E-state index is -4.32. The lowest BCUT2D eigenvalue weighted by atomic mass is 10.1. The molecule has 1 aliphatic rings. The molecular weight excluding hydrogens is 390 g/mol. The van der Waals surface area contributed by atoms with Gasteiger partial charge in [-0.15, -0.1) is 0 Å². The van der Waals surface area contributed by atoms with Gasteiger partial charge in [-0.3, -0.25) is 4.79 Å². The lowest BCUT2D eigenvalue weighted by molar-refractivity contribution is -0.137. The topological polar surface area (TPSA) is 68.5 Å². The van der Waals surface area contributed by atoms with Crippen LogP contribution in [-0.4, -0.2) is 35.0 Å². The Balaban J connectivity index is 0.000000313. The standard InChI is InChI=1S/C15H16F3NO2.C5H5FN2/c1-2-14(20)19-8-7-13(9-19)21-10-11-3-5-12(6-4-11)15(16,17)18;6-4-1-2-5(7)8-3-4/h2-6,13H,1,7-10H2;1-3H,(H2,7,8). The second kappa shape index (κ2) is 10.0. The highest BCUT2D eigenvalue weighted by Gasteiger charge is 2.30. The number of nitrogens with zero attached hydrogens (tertiary/aromatic N) is 2. The molecule has 2 heterocycles. The molecule has 1 aromatic carbocycles. The number of ether oxygens (including phenoxy) is 1. The Hall–Kier alpha value is -2.94. The Labute approximate surface area is 165 Å². The van der Waals surface area contributed by atoms with Crippen molar-refractivity contribution in [3.8, 4) is 0 Å². The van der Waals surface area contributed by atoms with Gasteiger partial charge in [0.15, 0.2) is 0 Å². The monoisotopic (exact) mass is 411 g/mol. The van der Waals surface area contributed by atoms with Gasteiger partial charge in [0.25, 0.3) is 0 Å². The highest BCUT2D eigenvalue weighted by atomic mass is 19.4. The average Bonchev–Trinajstić information content (AvgIpc) is 3.17. The zero-order valence-electron chi connectivity index (χ0n) is 15.5. The van der Waals surface area contributed by atoms with Crippen molar-refractivity contribution in [2.75, 3.05) is 18.8 Å². The third kappa shape index (κ3) is 7.19. The number of benzene rings is 1. The number of amides is 1. The number of hydrogen-bond donors (Lipinski definition) is 1. The summed E-state index contributed by atoms with van der Waals surface area (Å²) < 4.78 is 54.9. The molecule has 156 valence electrons. The van der Waals surface area contributed by atoms with Crippen LogP contribution in [0.15, 0.2) is 55.3 Å². The number of nitrogens with two attached hydrogens (primary N) is 1. The Kier molecular flexibility index (Phi) is 7.72. The third-order valence-electron chi connectivity index (χ3n) is 4.15. The number of hydrogen-bond acceptors (Lipinski definition) is 4. The van der Waals surface area contributed by atoms with Crippen molar-refractivity contribution in [1.29, 1.82) is 0 Å². The second-order valence-electron chi connectivity index (χ2n) is 6.31. The van der Waals surface area contributed by atoms with Crippen LogP contribution in [0.25, 0.3) is 0 Å². The van der Waals surface area contributed by atoms with Crippen LogP contribution in [0.4, 0.5) is 23.4 Å². The maximum absolute atomic E-state index is 12.4. The first kappa shape index (κ1) is 22.4. The number of likely N-dealkylation sites (tertiary alicyclic amines) is 1. The molecule has 1 atom stereocenters. The van der Waals surface area contributed by atoms with Crippen molar-refractivity contribution in [1.82, 2.24) is 9.88 Å². The third-order valence-corrected chi connectivity index (χ3v) is 4.15. The molecule has 0 aliphatic carbocycles. The van der Waals surface area contributed by atoms with E-state index in [4.69, 9.17) is 10.5 Å². The number of carbonyl (C=O) groups is 1. The molecule has 0 radical (unpaired) electrons. The van der Waals surface area contributed by atoms with Crippen LogP contribution in [0.1, 0.15) is 17.5 Å². The predicted molar refractivity (Wildman–Crippen MR) is 100 cm³/mol. The summed E-state index contributed by atoms with van der Waals surface area (Å²) in [5, 5.41) is 0. The van der Waals surface area contributed by atoms with Crippen LogP contribution in [0, 0.1) is 5.82 Å². The van der Waals surface area contributed by atoms with E-state index in [1.54, 1.807) is 4.90 Å². The molecule has 0 bridgehead atoms. The number of halogens is 4. The van der Waals surface area contributed by atoms with Crippen molar-refractivity contribution >= 4 is 11.7 Å². The van der Waals surface area contributed by atoms with Gasteiger partial charge < -0.3 is 15.4 Å². The number of nitrogen functional groups attached to an aromatic ring is 1. The Morgan fingerprint density at radius 1 is 1.28 bits per heavy atom. The summed E-state index contributed by atoms with van der Waals surface area (Å²) in [4.78, 5) is 16.5. The van der Waals surface area contributed by atoms with Crippen molar-refractivity contribution in [2.24, 2.45) is 0 Å². The highest BCUT2D eigenvalue weighted by molar-refractivity contribution is 5.87. The zero-order valence-corrected chi connectivity index (χ0v) is 15.5. The molecule has 1 saturated heterocycles. The number of anilines is 1. The van der Waals surface area contributed by atoms with E-state index in [0.717, 1.165) is 24.8 Å². The normalized spacial score (nSPS) is 16.1. The first-order valence-electron chi connectivity index (χ1n) is 8.75. The number of aromatic nitrogens is 1. The quantitative estimate of drug-likeness (QED) is 0.614. The van der Waals surface area contributed by atoms with Crippen molar-refractivity contribution < 1.29 is 27.1 Å². The molecule has 2 aromatic rings. The van der Waals surface area contributed by atoms with Gasteiger partial charge in [0.2, 0.25) is 5.91 Å². The van der Waals surface area contributed by atoms with Gasteiger partial charge in [-0.25, -0.2) is 9.37 Å². The molecule has 1 aliphatic heterocycles. The minimum absolute atomic E-state index is 0.0869. The Morgan fingerprint density at radius 2 is 1.97 bits per heavy atom.